The largest absolute Gasteiger partial charge is 0.506 e. The highest BCUT2D eigenvalue weighted by molar-refractivity contribution is 7.86. The Labute approximate surface area is 121 Å². The number of halogens is 1. The lowest BCUT2D eigenvalue weighted by atomic mass is 10.3. The molecule has 2 rings (SSSR count). The predicted octanol–water partition coefficient (Wildman–Crippen LogP) is 2.28. The second-order valence-electron chi connectivity index (χ2n) is 3.71. The van der Waals surface area contributed by atoms with Gasteiger partial charge in [-0.25, -0.2) is 0 Å². The number of benzene rings is 2. The maximum atomic E-state index is 11.8. The lowest BCUT2D eigenvalue weighted by molar-refractivity contribution is 0.228. The number of rotatable bonds is 5. The number of aromatic hydroxyl groups is 1. The van der Waals surface area contributed by atoms with E-state index in [1.54, 1.807) is 24.3 Å². The Morgan fingerprint density at radius 3 is 2.40 bits per heavy atom. The SMILES string of the molecule is O=S(=O)(ONNc1ccccc1Cl)c1ccccc1O. The van der Waals surface area contributed by atoms with Crippen LogP contribution >= 0.6 is 11.6 Å². The van der Waals surface area contributed by atoms with Gasteiger partial charge >= 0.3 is 10.1 Å². The molecule has 0 fully saturated rings. The quantitative estimate of drug-likeness (QED) is 0.734. The first-order valence-electron chi connectivity index (χ1n) is 5.48. The normalized spacial score (nSPS) is 11.2. The Kier molecular flexibility index (Phi) is 4.46. The van der Waals surface area contributed by atoms with Crippen molar-refractivity contribution >= 4 is 27.4 Å². The fourth-order valence-corrected chi connectivity index (χ4v) is 2.40. The lowest BCUT2D eigenvalue weighted by Crippen LogP contribution is -2.26. The second-order valence-corrected chi connectivity index (χ2v) is 5.63. The van der Waals surface area contributed by atoms with Crippen LogP contribution in [0.25, 0.3) is 0 Å². The fraction of sp³-hybridized carbons (Fsp3) is 0. The summed E-state index contributed by atoms with van der Waals surface area (Å²) in [5.74, 6) is -0.396. The van der Waals surface area contributed by atoms with Gasteiger partial charge in [0.15, 0.2) is 0 Å². The highest BCUT2D eigenvalue weighted by Crippen LogP contribution is 2.23. The molecular formula is C12H11ClN2O4S. The maximum absolute atomic E-state index is 11.8. The monoisotopic (exact) mass is 314 g/mol. The van der Waals surface area contributed by atoms with Crippen LogP contribution in [0.1, 0.15) is 0 Å². The van der Waals surface area contributed by atoms with Gasteiger partial charge in [0.1, 0.15) is 10.6 Å². The Hall–Kier alpha value is -1.80. The van der Waals surface area contributed by atoms with E-state index in [0.717, 1.165) is 0 Å². The van der Waals surface area contributed by atoms with Crippen molar-refractivity contribution in [1.82, 2.24) is 5.59 Å². The average molecular weight is 315 g/mol. The first-order chi connectivity index (χ1) is 9.50. The molecule has 0 spiro atoms. The number of phenols is 1. The third-order valence-electron chi connectivity index (χ3n) is 2.35. The minimum Gasteiger partial charge on any atom is -0.506 e. The highest BCUT2D eigenvalue weighted by Gasteiger charge is 2.19. The van der Waals surface area contributed by atoms with Gasteiger partial charge in [0.25, 0.3) is 0 Å². The smallest absolute Gasteiger partial charge is 0.318 e. The van der Waals surface area contributed by atoms with Gasteiger partial charge in [0.2, 0.25) is 0 Å². The molecule has 8 heteroatoms. The molecule has 0 saturated carbocycles. The summed E-state index contributed by atoms with van der Waals surface area (Å²) in [7, 11) is -4.14. The van der Waals surface area contributed by atoms with Gasteiger partial charge < -0.3 is 5.11 Å². The van der Waals surface area contributed by atoms with E-state index < -0.39 is 15.9 Å². The zero-order valence-electron chi connectivity index (χ0n) is 10.1. The van der Waals surface area contributed by atoms with E-state index in [1.165, 1.54) is 24.3 Å². The predicted molar refractivity (Wildman–Crippen MR) is 74.6 cm³/mol. The molecule has 106 valence electrons. The van der Waals surface area contributed by atoms with Gasteiger partial charge in [-0.1, -0.05) is 41.5 Å². The van der Waals surface area contributed by atoms with Gasteiger partial charge in [-0.05, 0) is 24.3 Å². The molecule has 0 aromatic heterocycles. The van der Waals surface area contributed by atoms with Gasteiger partial charge in [0, 0.05) is 0 Å². The van der Waals surface area contributed by atoms with E-state index in [1.807, 2.05) is 0 Å². The molecule has 0 saturated heterocycles. The molecule has 0 heterocycles. The molecule has 0 bridgehead atoms. The molecular weight excluding hydrogens is 304 g/mol. The lowest BCUT2D eigenvalue weighted by Gasteiger charge is -2.10. The number of hydrogen-bond acceptors (Lipinski definition) is 6. The summed E-state index contributed by atoms with van der Waals surface area (Å²) < 4.78 is 28.2. The summed E-state index contributed by atoms with van der Waals surface area (Å²) in [6.45, 7) is 0. The van der Waals surface area contributed by atoms with Crippen molar-refractivity contribution in [1.29, 1.82) is 0 Å². The minimum atomic E-state index is -4.14. The van der Waals surface area contributed by atoms with Crippen molar-refractivity contribution < 1.29 is 17.8 Å². The van der Waals surface area contributed by atoms with Gasteiger partial charge in [0.05, 0.1) is 10.7 Å². The van der Waals surface area contributed by atoms with Crippen LogP contribution in [0.5, 0.6) is 5.75 Å². The third kappa shape index (κ3) is 3.40. The standard InChI is InChI=1S/C12H11ClN2O4S/c13-9-5-1-2-6-10(9)14-15-19-20(17,18)12-8-4-3-7-11(12)16/h1-8,14-16H. The van der Waals surface area contributed by atoms with Crippen LogP contribution in [-0.2, 0) is 14.4 Å². The van der Waals surface area contributed by atoms with E-state index in [9.17, 15) is 13.5 Å². The van der Waals surface area contributed by atoms with Crippen LogP contribution in [0.15, 0.2) is 53.4 Å². The van der Waals surface area contributed by atoms with Crippen LogP contribution in [0.2, 0.25) is 5.02 Å². The van der Waals surface area contributed by atoms with E-state index in [4.69, 9.17) is 11.6 Å². The molecule has 20 heavy (non-hydrogen) atoms. The number of para-hydroxylation sites is 2. The molecule has 0 amide bonds. The molecule has 6 nitrogen and oxygen atoms in total. The first kappa shape index (κ1) is 14.6. The summed E-state index contributed by atoms with van der Waals surface area (Å²) in [4.78, 5) is -0.339. The van der Waals surface area contributed by atoms with Crippen LogP contribution in [0.4, 0.5) is 5.69 Å². The molecule has 0 aliphatic carbocycles. The molecule has 0 unspecified atom stereocenters. The van der Waals surface area contributed by atoms with E-state index in [0.29, 0.717) is 10.7 Å². The van der Waals surface area contributed by atoms with Crippen molar-refractivity contribution in [2.24, 2.45) is 0 Å². The van der Waals surface area contributed by atoms with Crippen molar-refractivity contribution in [3.63, 3.8) is 0 Å². The molecule has 0 aliphatic rings. The number of nitrogens with one attached hydrogen (secondary N) is 2. The Morgan fingerprint density at radius 2 is 1.70 bits per heavy atom. The minimum absolute atomic E-state index is 0.339. The zero-order valence-corrected chi connectivity index (χ0v) is 11.6. The molecule has 2 aromatic rings. The van der Waals surface area contributed by atoms with Gasteiger partial charge in [-0.3, -0.25) is 5.43 Å². The van der Waals surface area contributed by atoms with Crippen molar-refractivity contribution in [2.75, 3.05) is 5.43 Å². The fourth-order valence-electron chi connectivity index (χ4n) is 1.41. The van der Waals surface area contributed by atoms with E-state index in [-0.39, 0.29) is 4.90 Å². The summed E-state index contributed by atoms with van der Waals surface area (Å²) in [5.41, 5.74) is 5.01. The Balaban J connectivity index is 2.04. The average Bonchev–Trinajstić information content (AvgIpc) is 2.41. The topological polar surface area (TPSA) is 87.7 Å². The van der Waals surface area contributed by atoms with E-state index >= 15 is 0 Å². The zero-order chi connectivity index (χ0) is 14.6. The van der Waals surface area contributed by atoms with Crippen molar-refractivity contribution in [3.05, 3.63) is 53.6 Å². The first-order valence-corrected chi connectivity index (χ1v) is 7.26. The van der Waals surface area contributed by atoms with Crippen LogP contribution in [-0.4, -0.2) is 13.5 Å². The molecule has 0 radical (unpaired) electrons. The van der Waals surface area contributed by atoms with Crippen LogP contribution in [0.3, 0.4) is 0 Å². The Bertz CT molecular complexity index is 706. The highest BCUT2D eigenvalue weighted by atomic mass is 35.5. The Morgan fingerprint density at radius 1 is 1.05 bits per heavy atom. The van der Waals surface area contributed by atoms with Crippen LogP contribution < -0.4 is 11.0 Å². The summed E-state index contributed by atoms with van der Waals surface area (Å²) in [6.07, 6.45) is 0. The summed E-state index contributed by atoms with van der Waals surface area (Å²) in [5, 5.41) is 9.87. The number of hydrogen-bond donors (Lipinski definition) is 3. The molecule has 0 aliphatic heterocycles. The maximum Gasteiger partial charge on any atom is 0.318 e. The number of hydrazine groups is 1. The number of anilines is 1. The summed E-state index contributed by atoms with van der Waals surface area (Å²) in [6, 6.07) is 12.1. The van der Waals surface area contributed by atoms with Crippen molar-refractivity contribution in [3.8, 4) is 5.75 Å². The molecule has 3 N–H and O–H groups in total. The van der Waals surface area contributed by atoms with Gasteiger partial charge in [-0.2, -0.15) is 12.7 Å². The van der Waals surface area contributed by atoms with Crippen LogP contribution in [0, 0.1) is 0 Å². The molecule has 2 aromatic carbocycles. The summed E-state index contributed by atoms with van der Waals surface area (Å²) >= 11 is 5.87. The van der Waals surface area contributed by atoms with Crippen molar-refractivity contribution in [2.45, 2.75) is 4.90 Å². The third-order valence-corrected chi connectivity index (χ3v) is 3.86. The number of phenolic OH excluding ortho intramolecular Hbond substituents is 1. The van der Waals surface area contributed by atoms with E-state index in [2.05, 4.69) is 15.3 Å². The second kappa shape index (κ2) is 6.10. The van der Waals surface area contributed by atoms with Gasteiger partial charge in [-0.15, -0.1) is 0 Å². The molecule has 0 atom stereocenters.